The summed E-state index contributed by atoms with van der Waals surface area (Å²) in [4.78, 5) is 32.6. The van der Waals surface area contributed by atoms with Crippen LogP contribution < -0.4 is 16.0 Å². The van der Waals surface area contributed by atoms with Crippen LogP contribution in [0.5, 0.6) is 0 Å². The Hall–Kier alpha value is -4.18. The predicted molar refractivity (Wildman–Crippen MR) is 161 cm³/mol. The van der Waals surface area contributed by atoms with Gasteiger partial charge in [0.2, 0.25) is 0 Å². The molecule has 1 saturated heterocycles. The van der Waals surface area contributed by atoms with Gasteiger partial charge in [-0.2, -0.15) is 0 Å². The van der Waals surface area contributed by atoms with E-state index in [2.05, 4.69) is 53.8 Å². The van der Waals surface area contributed by atoms with E-state index in [0.29, 0.717) is 24.7 Å². The first-order chi connectivity index (χ1) is 19.9. The van der Waals surface area contributed by atoms with Crippen LogP contribution in [-0.4, -0.2) is 76.2 Å². The summed E-state index contributed by atoms with van der Waals surface area (Å²) < 4.78 is 13.3. The number of anilines is 2. The molecule has 1 aliphatic rings. The zero-order chi connectivity index (χ0) is 28.8. The zero-order valence-electron chi connectivity index (χ0n) is 23.8. The van der Waals surface area contributed by atoms with Crippen LogP contribution in [0.15, 0.2) is 61.2 Å². The number of alkyl halides is 1. The summed E-state index contributed by atoms with van der Waals surface area (Å²) in [6.45, 7) is 6.67. The molecule has 1 aliphatic heterocycles. The average molecular weight is 557 g/mol. The number of carbonyl (C=O) groups excluding carboxylic acids is 1. The number of pyridine rings is 2. The molecule has 3 aromatic heterocycles. The molecular formula is C31H37FN8O. The molecule has 10 heteroatoms. The molecule has 4 heterocycles. The Labute approximate surface area is 240 Å². The number of carbonyl (C=O) groups is 1. The Morgan fingerprint density at radius 1 is 1.05 bits per heavy atom. The summed E-state index contributed by atoms with van der Waals surface area (Å²) in [6.07, 6.45) is 6.21. The van der Waals surface area contributed by atoms with Gasteiger partial charge in [-0.3, -0.25) is 9.78 Å². The summed E-state index contributed by atoms with van der Waals surface area (Å²) in [5, 5.41) is 10.5. The van der Waals surface area contributed by atoms with Crippen molar-refractivity contribution >= 4 is 28.4 Å². The van der Waals surface area contributed by atoms with Crippen LogP contribution in [0.2, 0.25) is 0 Å². The third-order valence-corrected chi connectivity index (χ3v) is 7.57. The van der Waals surface area contributed by atoms with Crippen molar-refractivity contribution in [2.24, 2.45) is 0 Å². The van der Waals surface area contributed by atoms with Gasteiger partial charge in [0.1, 0.15) is 24.1 Å². The number of halogens is 1. The standard InChI is InChI=1S/C31H37FN8O/c1-20(24-5-4-6-25-26(31(41)33-3)9-12-34-30(24)25)16-35-29-15-27(37-19-38-29)22-7-8-28(36-17-22)39-23-10-13-40(14-11-23)18-21(2)32/h4-9,12,15,17,19-21,23H,10-11,13-14,16,18H2,1-3H3,(H,33,41)(H,36,39)(H,35,37,38)/t20-,21?/m1/s1. The minimum absolute atomic E-state index is 0.115. The fourth-order valence-electron chi connectivity index (χ4n) is 5.36. The van der Waals surface area contributed by atoms with Crippen molar-refractivity contribution < 1.29 is 9.18 Å². The van der Waals surface area contributed by atoms with Crippen LogP contribution in [0, 0.1) is 0 Å². The number of nitrogens with zero attached hydrogens (tertiary/aromatic N) is 5. The highest BCUT2D eigenvalue weighted by atomic mass is 19.1. The van der Waals surface area contributed by atoms with Crippen LogP contribution in [0.25, 0.3) is 22.2 Å². The molecule has 1 fully saturated rings. The van der Waals surface area contributed by atoms with Gasteiger partial charge in [0.15, 0.2) is 0 Å². The highest BCUT2D eigenvalue weighted by Crippen LogP contribution is 2.27. The van der Waals surface area contributed by atoms with Crippen molar-refractivity contribution in [3.05, 3.63) is 72.3 Å². The predicted octanol–water partition coefficient (Wildman–Crippen LogP) is 4.90. The molecule has 5 rings (SSSR count). The first kappa shape index (κ1) is 28.4. The van der Waals surface area contributed by atoms with Crippen LogP contribution in [-0.2, 0) is 0 Å². The number of aromatic nitrogens is 4. The highest BCUT2D eigenvalue weighted by Gasteiger charge is 2.20. The minimum atomic E-state index is -0.791. The molecule has 1 unspecified atom stereocenters. The molecule has 0 bridgehead atoms. The van der Waals surface area contributed by atoms with Crippen molar-refractivity contribution in [3.63, 3.8) is 0 Å². The van der Waals surface area contributed by atoms with E-state index >= 15 is 0 Å². The first-order valence-corrected chi connectivity index (χ1v) is 14.2. The summed E-state index contributed by atoms with van der Waals surface area (Å²) in [5.41, 5.74) is 4.19. The van der Waals surface area contributed by atoms with Gasteiger partial charge in [0.25, 0.3) is 5.91 Å². The normalized spacial score (nSPS) is 15.8. The minimum Gasteiger partial charge on any atom is -0.369 e. The number of hydrogen-bond donors (Lipinski definition) is 3. The van der Waals surface area contributed by atoms with Gasteiger partial charge in [-0.15, -0.1) is 0 Å². The van der Waals surface area contributed by atoms with Crippen molar-refractivity contribution in [2.45, 2.75) is 44.8 Å². The zero-order valence-corrected chi connectivity index (χ0v) is 23.8. The Balaban J connectivity index is 1.20. The Morgan fingerprint density at radius 2 is 1.88 bits per heavy atom. The molecule has 4 aromatic rings. The van der Waals surface area contributed by atoms with Crippen molar-refractivity contribution in [2.75, 3.05) is 43.9 Å². The van der Waals surface area contributed by atoms with Crippen molar-refractivity contribution in [1.82, 2.24) is 30.2 Å². The molecule has 0 radical (unpaired) electrons. The van der Waals surface area contributed by atoms with Crippen LogP contribution in [0.1, 0.15) is 48.5 Å². The van der Waals surface area contributed by atoms with E-state index in [1.54, 1.807) is 32.6 Å². The fourth-order valence-corrected chi connectivity index (χ4v) is 5.36. The smallest absolute Gasteiger partial charge is 0.251 e. The molecule has 1 aromatic carbocycles. The van der Waals surface area contributed by atoms with E-state index < -0.39 is 6.17 Å². The largest absolute Gasteiger partial charge is 0.369 e. The van der Waals surface area contributed by atoms with E-state index in [-0.39, 0.29) is 11.8 Å². The summed E-state index contributed by atoms with van der Waals surface area (Å²) >= 11 is 0. The van der Waals surface area contributed by atoms with Gasteiger partial charge < -0.3 is 20.9 Å². The lowest BCUT2D eigenvalue weighted by molar-refractivity contribution is 0.0964. The molecule has 1 amide bonds. The highest BCUT2D eigenvalue weighted by molar-refractivity contribution is 6.06. The van der Waals surface area contributed by atoms with E-state index in [1.807, 2.05) is 36.5 Å². The lowest BCUT2D eigenvalue weighted by Gasteiger charge is -2.32. The van der Waals surface area contributed by atoms with Crippen LogP contribution >= 0.6 is 0 Å². The van der Waals surface area contributed by atoms with E-state index in [1.165, 1.54) is 0 Å². The molecule has 0 saturated carbocycles. The third-order valence-electron chi connectivity index (χ3n) is 7.57. The second-order valence-electron chi connectivity index (χ2n) is 10.7. The summed E-state index contributed by atoms with van der Waals surface area (Å²) in [6, 6.07) is 13.9. The van der Waals surface area contributed by atoms with Gasteiger partial charge >= 0.3 is 0 Å². The van der Waals surface area contributed by atoms with Gasteiger partial charge in [0, 0.05) is 74.6 Å². The van der Waals surface area contributed by atoms with E-state index in [9.17, 15) is 9.18 Å². The molecule has 0 spiro atoms. The lowest BCUT2D eigenvalue weighted by Crippen LogP contribution is -2.41. The monoisotopic (exact) mass is 556 g/mol. The number of hydrogen-bond acceptors (Lipinski definition) is 8. The van der Waals surface area contributed by atoms with Gasteiger partial charge in [-0.25, -0.2) is 19.3 Å². The number of para-hydroxylation sites is 1. The molecular weight excluding hydrogens is 519 g/mol. The summed E-state index contributed by atoms with van der Waals surface area (Å²) in [5.74, 6) is 1.54. The lowest BCUT2D eigenvalue weighted by atomic mass is 9.96. The maximum atomic E-state index is 13.3. The molecule has 0 aliphatic carbocycles. The Kier molecular flexibility index (Phi) is 8.98. The van der Waals surface area contributed by atoms with Crippen molar-refractivity contribution in [1.29, 1.82) is 0 Å². The Bertz CT molecular complexity index is 1470. The SMILES string of the molecule is CNC(=O)c1ccnc2c([C@H](C)CNc3cc(-c4ccc(NC5CCN(CC(C)F)CC5)nc4)ncn3)cccc12. The van der Waals surface area contributed by atoms with E-state index in [0.717, 1.165) is 65.3 Å². The topological polar surface area (TPSA) is 108 Å². The maximum absolute atomic E-state index is 13.3. The number of fused-ring (bicyclic) bond motifs is 1. The van der Waals surface area contributed by atoms with Gasteiger partial charge in [-0.05, 0) is 43.5 Å². The van der Waals surface area contributed by atoms with Crippen LogP contribution in [0.4, 0.5) is 16.0 Å². The maximum Gasteiger partial charge on any atom is 0.251 e. The average Bonchev–Trinajstić information content (AvgIpc) is 3.00. The fraction of sp³-hybridized carbons (Fsp3) is 0.387. The molecule has 2 atom stereocenters. The second-order valence-corrected chi connectivity index (χ2v) is 10.7. The van der Waals surface area contributed by atoms with E-state index in [4.69, 9.17) is 0 Å². The number of amides is 1. The van der Waals surface area contributed by atoms with Gasteiger partial charge in [-0.1, -0.05) is 25.1 Å². The van der Waals surface area contributed by atoms with Crippen molar-refractivity contribution in [3.8, 4) is 11.3 Å². The third kappa shape index (κ3) is 6.94. The number of nitrogens with one attached hydrogen (secondary N) is 3. The molecule has 9 nitrogen and oxygen atoms in total. The number of piperidine rings is 1. The Morgan fingerprint density at radius 3 is 2.61 bits per heavy atom. The number of likely N-dealkylation sites (tertiary alicyclic amines) is 1. The molecule has 3 N–H and O–H groups in total. The molecule has 41 heavy (non-hydrogen) atoms. The molecule has 214 valence electrons. The summed E-state index contributed by atoms with van der Waals surface area (Å²) in [7, 11) is 1.63. The van der Waals surface area contributed by atoms with Crippen LogP contribution in [0.3, 0.4) is 0 Å². The first-order valence-electron chi connectivity index (χ1n) is 14.2. The second kappa shape index (κ2) is 13.0. The number of rotatable bonds is 10. The quantitative estimate of drug-likeness (QED) is 0.253. The number of benzene rings is 1. The van der Waals surface area contributed by atoms with Gasteiger partial charge in [0.05, 0.1) is 16.8 Å².